The molecule has 8 nitrogen and oxygen atoms in total. The van der Waals surface area contributed by atoms with Crippen LogP contribution in [0.3, 0.4) is 0 Å². The molecule has 0 atom stereocenters. The Hall–Kier alpha value is -2.59. The predicted octanol–water partition coefficient (Wildman–Crippen LogP) is 5.56. The molecule has 2 aromatic heterocycles. The average molecular weight is 561 g/mol. The van der Waals surface area contributed by atoms with Gasteiger partial charge in [0.15, 0.2) is 17.1 Å². The van der Waals surface area contributed by atoms with Crippen LogP contribution in [0.15, 0.2) is 45.7 Å². The first-order valence-corrected chi connectivity index (χ1v) is 12.7. The van der Waals surface area contributed by atoms with Gasteiger partial charge in [0.1, 0.15) is 24.1 Å². The summed E-state index contributed by atoms with van der Waals surface area (Å²) in [7, 11) is 3.80. The average Bonchev–Trinajstić information content (AvgIpc) is 3.25. The summed E-state index contributed by atoms with van der Waals surface area (Å²) in [5.74, 6) is 1.88. The minimum absolute atomic E-state index is 0.526. The molecule has 4 aromatic rings. The lowest BCUT2D eigenvalue weighted by atomic mass is 10.2. The fourth-order valence-corrected chi connectivity index (χ4v) is 4.86. The van der Waals surface area contributed by atoms with E-state index in [0.29, 0.717) is 40.2 Å². The second-order valence-corrected chi connectivity index (χ2v) is 9.86. The van der Waals surface area contributed by atoms with Gasteiger partial charge in [-0.1, -0.05) is 11.6 Å². The van der Waals surface area contributed by atoms with Crippen molar-refractivity contribution < 1.29 is 13.9 Å². The number of halogens is 2. The van der Waals surface area contributed by atoms with Crippen molar-refractivity contribution in [2.24, 2.45) is 0 Å². The number of fused-ring (bicyclic) bond motifs is 2. The lowest BCUT2D eigenvalue weighted by Gasteiger charge is -2.32. The Morgan fingerprint density at radius 2 is 1.94 bits per heavy atom. The molecule has 10 heteroatoms. The van der Waals surface area contributed by atoms with E-state index < -0.39 is 0 Å². The SMILES string of the molecule is COc1cc2c(Nc3c(Cl)ccc4c(Br)coc34)ncnc2cc1OCCCN1CCN(C)CC1. The lowest BCUT2D eigenvalue weighted by molar-refractivity contribution is 0.145. The molecule has 3 heterocycles. The summed E-state index contributed by atoms with van der Waals surface area (Å²) < 4.78 is 18.3. The molecular formula is C25H27BrClN5O3. The Balaban J connectivity index is 1.35. The number of hydrogen-bond acceptors (Lipinski definition) is 8. The molecule has 0 radical (unpaired) electrons. The number of furan rings is 1. The zero-order chi connectivity index (χ0) is 24.4. The van der Waals surface area contributed by atoms with Crippen molar-refractivity contribution in [1.82, 2.24) is 19.8 Å². The van der Waals surface area contributed by atoms with E-state index in [9.17, 15) is 0 Å². The molecule has 1 N–H and O–H groups in total. The van der Waals surface area contributed by atoms with Gasteiger partial charge in [-0.15, -0.1) is 0 Å². The molecule has 5 rings (SSSR count). The Kier molecular flexibility index (Phi) is 7.29. The Labute approximate surface area is 217 Å². The van der Waals surface area contributed by atoms with Gasteiger partial charge in [0.25, 0.3) is 0 Å². The topological polar surface area (TPSA) is 75.9 Å². The maximum Gasteiger partial charge on any atom is 0.163 e. The van der Waals surface area contributed by atoms with Gasteiger partial charge in [-0.25, -0.2) is 9.97 Å². The lowest BCUT2D eigenvalue weighted by Crippen LogP contribution is -2.44. The fourth-order valence-electron chi connectivity index (χ4n) is 4.26. The zero-order valence-electron chi connectivity index (χ0n) is 19.7. The second kappa shape index (κ2) is 10.6. The Morgan fingerprint density at radius 3 is 2.74 bits per heavy atom. The summed E-state index contributed by atoms with van der Waals surface area (Å²) in [6.45, 7) is 6.08. The molecule has 1 fully saturated rings. The molecule has 0 unspecified atom stereocenters. The van der Waals surface area contributed by atoms with E-state index in [2.05, 4.69) is 48.1 Å². The van der Waals surface area contributed by atoms with Crippen molar-refractivity contribution in [3.05, 3.63) is 46.4 Å². The maximum absolute atomic E-state index is 6.50. The Morgan fingerprint density at radius 1 is 1.11 bits per heavy atom. The van der Waals surface area contributed by atoms with Crippen LogP contribution in [-0.2, 0) is 0 Å². The third-order valence-corrected chi connectivity index (χ3v) is 7.21. The number of methoxy groups -OCH3 is 1. The van der Waals surface area contributed by atoms with Gasteiger partial charge in [-0.2, -0.15) is 0 Å². The quantitative estimate of drug-likeness (QED) is 0.281. The van der Waals surface area contributed by atoms with Crippen LogP contribution in [0.5, 0.6) is 11.5 Å². The first-order valence-electron chi connectivity index (χ1n) is 11.5. The molecule has 2 aromatic carbocycles. The summed E-state index contributed by atoms with van der Waals surface area (Å²) in [5, 5.41) is 5.56. The highest BCUT2D eigenvalue weighted by molar-refractivity contribution is 9.10. The van der Waals surface area contributed by atoms with E-state index in [4.69, 9.17) is 25.5 Å². The van der Waals surface area contributed by atoms with Crippen molar-refractivity contribution in [1.29, 1.82) is 0 Å². The largest absolute Gasteiger partial charge is 0.493 e. The molecule has 0 saturated carbocycles. The van der Waals surface area contributed by atoms with Crippen LogP contribution in [0.1, 0.15) is 6.42 Å². The summed E-state index contributed by atoms with van der Waals surface area (Å²) >= 11 is 10.0. The van der Waals surface area contributed by atoms with Crippen LogP contribution in [0.2, 0.25) is 5.02 Å². The van der Waals surface area contributed by atoms with E-state index in [-0.39, 0.29) is 0 Å². The number of ether oxygens (including phenoxy) is 2. The molecule has 184 valence electrons. The third-order valence-electron chi connectivity index (χ3n) is 6.28. The molecule has 35 heavy (non-hydrogen) atoms. The summed E-state index contributed by atoms with van der Waals surface area (Å²) in [6.07, 6.45) is 4.10. The molecule has 0 bridgehead atoms. The van der Waals surface area contributed by atoms with Crippen molar-refractivity contribution in [2.45, 2.75) is 6.42 Å². The first kappa shape index (κ1) is 24.1. The van der Waals surface area contributed by atoms with Crippen LogP contribution < -0.4 is 14.8 Å². The number of rotatable bonds is 8. The second-order valence-electron chi connectivity index (χ2n) is 8.60. The molecule has 1 aliphatic rings. The van der Waals surface area contributed by atoms with E-state index in [1.165, 1.54) is 6.33 Å². The van der Waals surface area contributed by atoms with Gasteiger partial charge in [-0.05, 0) is 47.6 Å². The molecule has 0 aliphatic carbocycles. The number of piperazine rings is 1. The monoisotopic (exact) mass is 559 g/mol. The highest BCUT2D eigenvalue weighted by Gasteiger charge is 2.17. The van der Waals surface area contributed by atoms with Gasteiger partial charge < -0.3 is 29.0 Å². The summed E-state index contributed by atoms with van der Waals surface area (Å²) in [4.78, 5) is 13.8. The number of aromatic nitrogens is 2. The zero-order valence-corrected chi connectivity index (χ0v) is 22.0. The van der Waals surface area contributed by atoms with Crippen molar-refractivity contribution >= 4 is 60.9 Å². The highest BCUT2D eigenvalue weighted by atomic mass is 79.9. The number of anilines is 2. The molecule has 0 amide bonds. The smallest absolute Gasteiger partial charge is 0.163 e. The van der Waals surface area contributed by atoms with Crippen molar-refractivity contribution in [3.63, 3.8) is 0 Å². The molecular weight excluding hydrogens is 534 g/mol. The number of hydrogen-bond donors (Lipinski definition) is 1. The number of likely N-dealkylation sites (N-methyl/N-ethyl adjacent to an activating group) is 1. The van der Waals surface area contributed by atoms with Crippen LogP contribution in [0.4, 0.5) is 11.5 Å². The summed E-state index contributed by atoms with van der Waals surface area (Å²) in [5.41, 5.74) is 2.02. The van der Waals surface area contributed by atoms with E-state index in [1.54, 1.807) is 13.4 Å². The number of nitrogens with zero attached hydrogens (tertiary/aromatic N) is 4. The minimum Gasteiger partial charge on any atom is -0.493 e. The Bertz CT molecular complexity index is 1340. The van der Waals surface area contributed by atoms with E-state index in [1.807, 2.05) is 24.3 Å². The van der Waals surface area contributed by atoms with Gasteiger partial charge in [0.05, 0.1) is 28.7 Å². The fraction of sp³-hybridized carbons (Fsp3) is 0.360. The predicted molar refractivity (Wildman–Crippen MR) is 142 cm³/mol. The normalized spacial score (nSPS) is 15.1. The van der Waals surface area contributed by atoms with Gasteiger partial charge >= 0.3 is 0 Å². The molecule has 1 saturated heterocycles. The molecule has 0 spiro atoms. The minimum atomic E-state index is 0.526. The van der Waals surface area contributed by atoms with Gasteiger partial charge in [-0.3, -0.25) is 0 Å². The van der Waals surface area contributed by atoms with E-state index >= 15 is 0 Å². The first-order chi connectivity index (χ1) is 17.0. The van der Waals surface area contributed by atoms with Crippen LogP contribution in [0, 0.1) is 0 Å². The van der Waals surface area contributed by atoms with Crippen LogP contribution in [-0.4, -0.2) is 73.3 Å². The standard InChI is InChI=1S/C25H27BrClN5O3/c1-31-7-9-32(10-8-31)6-3-11-34-22-13-20-17(12-21(22)33-2)25(29-15-28-20)30-23-19(27)5-4-16-18(26)14-35-24(16)23/h4-5,12-15H,3,6-11H2,1-2H3,(H,28,29,30). The summed E-state index contributed by atoms with van der Waals surface area (Å²) in [6, 6.07) is 7.51. The third kappa shape index (κ3) is 5.18. The highest BCUT2D eigenvalue weighted by Crippen LogP contribution is 2.40. The van der Waals surface area contributed by atoms with Crippen LogP contribution >= 0.6 is 27.5 Å². The maximum atomic E-state index is 6.50. The molecule has 1 aliphatic heterocycles. The van der Waals surface area contributed by atoms with E-state index in [0.717, 1.165) is 59.9 Å². The number of benzene rings is 2. The van der Waals surface area contributed by atoms with Crippen molar-refractivity contribution in [2.75, 3.05) is 58.8 Å². The van der Waals surface area contributed by atoms with Crippen molar-refractivity contribution in [3.8, 4) is 11.5 Å². The van der Waals surface area contributed by atoms with Crippen LogP contribution in [0.25, 0.3) is 21.9 Å². The number of nitrogens with one attached hydrogen (secondary N) is 1. The van der Waals surface area contributed by atoms with Gasteiger partial charge in [0.2, 0.25) is 0 Å². The van der Waals surface area contributed by atoms with Gasteiger partial charge in [0, 0.05) is 49.6 Å².